The van der Waals surface area contributed by atoms with Crippen LogP contribution in [0.25, 0.3) is 11.1 Å². The number of ether oxygens (including phenoxy) is 1. The molecule has 0 fully saturated rings. The molecule has 0 aromatic heterocycles. The Bertz CT molecular complexity index is 724. The minimum atomic E-state index is 0.507. The fraction of sp³-hybridized carbons (Fsp3) is 0.278. The molecule has 0 saturated carbocycles. The lowest BCUT2D eigenvalue weighted by molar-refractivity contribution is 0.358. The molecular formula is C18H18N2O. The molecule has 0 amide bonds. The van der Waals surface area contributed by atoms with Gasteiger partial charge < -0.3 is 10.5 Å². The third-order valence-corrected chi connectivity index (χ3v) is 4.01. The van der Waals surface area contributed by atoms with E-state index in [1.165, 1.54) is 5.56 Å². The van der Waals surface area contributed by atoms with E-state index in [9.17, 15) is 5.26 Å². The first-order chi connectivity index (χ1) is 10.1. The largest absolute Gasteiger partial charge is 0.492 e. The monoisotopic (exact) mass is 278 g/mol. The molecule has 0 unspecified atom stereocenters. The first-order valence-electron chi connectivity index (χ1n) is 7.20. The summed E-state index contributed by atoms with van der Waals surface area (Å²) in [5.41, 5.74) is 11.4. The van der Waals surface area contributed by atoms with Gasteiger partial charge in [0, 0.05) is 17.5 Å². The van der Waals surface area contributed by atoms with Gasteiger partial charge in [0.2, 0.25) is 0 Å². The molecule has 0 atom stereocenters. The number of hydrogen-bond acceptors (Lipinski definition) is 3. The van der Waals surface area contributed by atoms with E-state index in [1.807, 2.05) is 6.07 Å². The molecule has 1 heterocycles. The summed E-state index contributed by atoms with van der Waals surface area (Å²) in [6.07, 6.45) is 0.750. The average molecular weight is 278 g/mol. The molecule has 2 N–H and O–H groups in total. The Balaban J connectivity index is 2.13. The van der Waals surface area contributed by atoms with Gasteiger partial charge in [-0.05, 0) is 23.1 Å². The van der Waals surface area contributed by atoms with Crippen LogP contribution >= 0.6 is 0 Å². The summed E-state index contributed by atoms with van der Waals surface area (Å²) in [4.78, 5) is 0. The maximum Gasteiger partial charge on any atom is 0.131 e. The number of nitrogens with two attached hydrogens (primary N) is 1. The van der Waals surface area contributed by atoms with E-state index >= 15 is 0 Å². The van der Waals surface area contributed by atoms with Crippen molar-refractivity contribution < 1.29 is 4.74 Å². The number of fused-ring (bicyclic) bond motifs is 1. The van der Waals surface area contributed by atoms with E-state index in [-0.39, 0.29) is 0 Å². The highest BCUT2D eigenvalue weighted by Gasteiger charge is 2.23. The zero-order valence-corrected chi connectivity index (χ0v) is 12.3. The van der Waals surface area contributed by atoms with E-state index in [0.717, 1.165) is 28.9 Å². The fourth-order valence-electron chi connectivity index (χ4n) is 2.80. The molecule has 1 aliphatic rings. The van der Waals surface area contributed by atoms with Crippen molar-refractivity contribution in [2.45, 2.75) is 26.2 Å². The summed E-state index contributed by atoms with van der Waals surface area (Å²) < 4.78 is 5.75. The third kappa shape index (κ3) is 2.23. The lowest BCUT2D eigenvalue weighted by Gasteiger charge is -2.13. The van der Waals surface area contributed by atoms with Crippen LogP contribution in [0.3, 0.4) is 0 Å². The molecule has 3 rings (SSSR count). The van der Waals surface area contributed by atoms with Gasteiger partial charge in [0.15, 0.2) is 0 Å². The van der Waals surface area contributed by atoms with Gasteiger partial charge >= 0.3 is 0 Å². The molecule has 0 radical (unpaired) electrons. The van der Waals surface area contributed by atoms with Gasteiger partial charge in [0.1, 0.15) is 11.8 Å². The molecule has 3 heteroatoms. The van der Waals surface area contributed by atoms with E-state index in [4.69, 9.17) is 10.5 Å². The van der Waals surface area contributed by atoms with Gasteiger partial charge in [-0.25, -0.2) is 0 Å². The maximum atomic E-state index is 9.26. The van der Waals surface area contributed by atoms with Gasteiger partial charge in [-0.3, -0.25) is 0 Å². The Morgan fingerprint density at radius 2 is 1.95 bits per heavy atom. The third-order valence-electron chi connectivity index (χ3n) is 4.01. The molecule has 0 saturated heterocycles. The summed E-state index contributed by atoms with van der Waals surface area (Å²) in [5.74, 6) is 1.32. The standard InChI is InChI=1S/C18H18N2O/c1-11(2)12-3-5-13(6-4-12)15-9-17(20)16(10-19)14-7-8-21-18(14)15/h3-6,9,11H,7-8,20H2,1-2H3. The highest BCUT2D eigenvalue weighted by Crippen LogP contribution is 2.41. The molecule has 0 spiro atoms. The first-order valence-corrected chi connectivity index (χ1v) is 7.20. The lowest BCUT2D eigenvalue weighted by atomic mass is 9.94. The molecule has 2 aromatic rings. The molecule has 21 heavy (non-hydrogen) atoms. The van der Waals surface area contributed by atoms with Crippen LogP contribution in [0.15, 0.2) is 30.3 Å². The van der Waals surface area contributed by atoms with Crippen molar-refractivity contribution in [3.8, 4) is 22.9 Å². The topological polar surface area (TPSA) is 59.0 Å². The van der Waals surface area contributed by atoms with E-state index in [0.29, 0.717) is 23.8 Å². The molecule has 0 aliphatic carbocycles. The summed E-state index contributed by atoms with van der Waals surface area (Å²) in [6, 6.07) is 12.5. The van der Waals surface area contributed by atoms with Crippen molar-refractivity contribution in [2.75, 3.05) is 12.3 Å². The molecule has 1 aliphatic heterocycles. The van der Waals surface area contributed by atoms with Crippen LogP contribution in [-0.2, 0) is 6.42 Å². The Morgan fingerprint density at radius 3 is 2.57 bits per heavy atom. The molecule has 3 nitrogen and oxygen atoms in total. The Labute approximate surface area is 125 Å². The molecular weight excluding hydrogens is 260 g/mol. The Hall–Kier alpha value is -2.47. The van der Waals surface area contributed by atoms with Crippen molar-refractivity contribution in [3.63, 3.8) is 0 Å². The number of nitrogen functional groups attached to an aromatic ring is 1. The van der Waals surface area contributed by atoms with Gasteiger partial charge in [-0.1, -0.05) is 38.1 Å². The van der Waals surface area contributed by atoms with E-state index in [2.05, 4.69) is 44.2 Å². The number of nitriles is 1. The maximum absolute atomic E-state index is 9.26. The smallest absolute Gasteiger partial charge is 0.131 e. The number of rotatable bonds is 2. The lowest BCUT2D eigenvalue weighted by Crippen LogP contribution is -1.97. The van der Waals surface area contributed by atoms with Crippen LogP contribution in [0.4, 0.5) is 5.69 Å². The molecule has 0 bridgehead atoms. The van der Waals surface area contributed by atoms with Crippen LogP contribution in [0, 0.1) is 11.3 Å². The minimum absolute atomic E-state index is 0.507. The minimum Gasteiger partial charge on any atom is -0.492 e. The quantitative estimate of drug-likeness (QED) is 0.848. The zero-order chi connectivity index (χ0) is 15.0. The number of benzene rings is 2. The van der Waals surface area contributed by atoms with Crippen molar-refractivity contribution in [1.82, 2.24) is 0 Å². The van der Waals surface area contributed by atoms with Crippen LogP contribution in [0.1, 0.15) is 36.5 Å². The van der Waals surface area contributed by atoms with Crippen LogP contribution in [0.5, 0.6) is 5.75 Å². The van der Waals surface area contributed by atoms with Gasteiger partial charge in [0.05, 0.1) is 17.9 Å². The highest BCUT2D eigenvalue weighted by atomic mass is 16.5. The summed E-state index contributed by atoms with van der Waals surface area (Å²) in [6.45, 7) is 4.97. The SMILES string of the molecule is CC(C)c1ccc(-c2cc(N)c(C#N)c3c2OCC3)cc1. The second-order valence-corrected chi connectivity index (χ2v) is 5.68. The summed E-state index contributed by atoms with van der Waals surface area (Å²) in [7, 11) is 0. The predicted molar refractivity (Wildman–Crippen MR) is 84.3 cm³/mol. The second-order valence-electron chi connectivity index (χ2n) is 5.68. The average Bonchev–Trinajstić information content (AvgIpc) is 2.96. The fourth-order valence-corrected chi connectivity index (χ4v) is 2.80. The van der Waals surface area contributed by atoms with Crippen molar-refractivity contribution in [3.05, 3.63) is 47.0 Å². The van der Waals surface area contributed by atoms with Gasteiger partial charge in [0.25, 0.3) is 0 Å². The second kappa shape index (κ2) is 5.14. The van der Waals surface area contributed by atoms with Crippen molar-refractivity contribution >= 4 is 5.69 Å². The van der Waals surface area contributed by atoms with E-state index in [1.54, 1.807) is 0 Å². The first kappa shape index (κ1) is 13.5. The van der Waals surface area contributed by atoms with Crippen LogP contribution in [-0.4, -0.2) is 6.61 Å². The number of anilines is 1. The van der Waals surface area contributed by atoms with Gasteiger partial charge in [-0.2, -0.15) is 5.26 Å². The summed E-state index contributed by atoms with van der Waals surface area (Å²) in [5, 5.41) is 9.26. The van der Waals surface area contributed by atoms with Crippen molar-refractivity contribution in [1.29, 1.82) is 5.26 Å². The van der Waals surface area contributed by atoms with Gasteiger partial charge in [-0.15, -0.1) is 0 Å². The number of nitrogens with zero attached hydrogens (tertiary/aromatic N) is 1. The predicted octanol–water partition coefficient (Wildman–Crippen LogP) is 3.87. The van der Waals surface area contributed by atoms with Crippen molar-refractivity contribution in [2.24, 2.45) is 0 Å². The highest BCUT2D eigenvalue weighted by molar-refractivity contribution is 5.80. The van der Waals surface area contributed by atoms with E-state index < -0.39 is 0 Å². The van der Waals surface area contributed by atoms with Crippen LogP contribution in [0.2, 0.25) is 0 Å². The normalized spacial score (nSPS) is 12.9. The number of hydrogen-bond donors (Lipinski definition) is 1. The summed E-state index contributed by atoms with van der Waals surface area (Å²) >= 11 is 0. The Kier molecular flexibility index (Phi) is 3.31. The zero-order valence-electron chi connectivity index (χ0n) is 12.3. The van der Waals surface area contributed by atoms with Crippen LogP contribution < -0.4 is 10.5 Å². The molecule has 106 valence electrons. The Morgan fingerprint density at radius 1 is 1.24 bits per heavy atom. The molecule has 2 aromatic carbocycles.